The third-order valence-corrected chi connectivity index (χ3v) is 6.31. The van der Waals surface area contributed by atoms with Gasteiger partial charge < -0.3 is 0 Å². The van der Waals surface area contributed by atoms with Gasteiger partial charge in [-0.25, -0.2) is 4.98 Å². The molecule has 2 aromatic heterocycles. The third kappa shape index (κ3) is 3.17. The molecule has 0 N–H and O–H groups in total. The lowest BCUT2D eigenvalue weighted by Crippen LogP contribution is -2.26. The van der Waals surface area contributed by atoms with Crippen molar-refractivity contribution in [3.05, 3.63) is 109 Å². The second kappa shape index (κ2) is 7.51. The average molecular weight is 441 g/mol. The highest BCUT2D eigenvalue weighted by Crippen LogP contribution is 2.27. The Morgan fingerprint density at radius 2 is 1.62 bits per heavy atom. The smallest absolute Gasteiger partial charge is 0.271 e. The molecule has 0 amide bonds. The fourth-order valence-corrected chi connectivity index (χ4v) is 4.65. The van der Waals surface area contributed by atoms with Gasteiger partial charge in [-0.05, 0) is 43.3 Å². The van der Waals surface area contributed by atoms with Gasteiger partial charge in [0.2, 0.25) is 5.43 Å². The molecule has 0 aliphatic carbocycles. The first-order chi connectivity index (χ1) is 15.4. The molecule has 0 fully saturated rings. The van der Waals surface area contributed by atoms with E-state index in [9.17, 15) is 19.7 Å². The van der Waals surface area contributed by atoms with Gasteiger partial charge in [-0.15, -0.1) is 11.3 Å². The number of benzene rings is 3. The maximum atomic E-state index is 13.7. The minimum absolute atomic E-state index is 0.0277. The van der Waals surface area contributed by atoms with Crippen molar-refractivity contribution in [2.24, 2.45) is 0 Å². The molecule has 32 heavy (non-hydrogen) atoms. The molecule has 0 spiro atoms. The summed E-state index contributed by atoms with van der Waals surface area (Å²) in [4.78, 5) is 42.5. The number of aromatic nitrogens is 2. The highest BCUT2D eigenvalue weighted by molar-refractivity contribution is 7.24. The zero-order valence-electron chi connectivity index (χ0n) is 16.8. The highest BCUT2D eigenvalue weighted by Gasteiger charge is 2.19. The van der Waals surface area contributed by atoms with E-state index < -0.39 is 10.5 Å². The molecule has 3 aromatic carbocycles. The third-order valence-electron chi connectivity index (χ3n) is 5.24. The van der Waals surface area contributed by atoms with E-state index in [1.165, 1.54) is 28.0 Å². The van der Waals surface area contributed by atoms with Crippen molar-refractivity contribution in [1.29, 1.82) is 0 Å². The number of nitro groups is 1. The molecular weight excluding hydrogens is 426 g/mol. The van der Waals surface area contributed by atoms with Crippen LogP contribution in [0.4, 0.5) is 5.69 Å². The van der Waals surface area contributed by atoms with E-state index in [0.717, 1.165) is 10.3 Å². The van der Waals surface area contributed by atoms with Gasteiger partial charge in [0.25, 0.3) is 11.2 Å². The minimum Gasteiger partial charge on any atom is -0.288 e. The summed E-state index contributed by atoms with van der Waals surface area (Å²) >= 11 is 1.27. The Bertz CT molecular complexity index is 1640. The topological polar surface area (TPSA) is 95.1 Å². The van der Waals surface area contributed by atoms with Gasteiger partial charge in [0.15, 0.2) is 0 Å². The van der Waals surface area contributed by atoms with Crippen LogP contribution in [0.1, 0.15) is 5.56 Å². The lowest BCUT2D eigenvalue weighted by Gasteiger charge is -2.14. The van der Waals surface area contributed by atoms with Crippen molar-refractivity contribution in [2.75, 3.05) is 0 Å². The fraction of sp³-hybridized carbons (Fsp3) is 0.0417. The van der Waals surface area contributed by atoms with E-state index in [-0.39, 0.29) is 16.5 Å². The quantitative estimate of drug-likeness (QED) is 0.227. The van der Waals surface area contributed by atoms with E-state index in [0.29, 0.717) is 27.3 Å². The standard InChI is InChI=1S/C24H15N3O4S/c1-14-6-10-16(11-7-14)26-22(15-8-12-17(13-9-15)27(30)31)25-23-20(24(26)29)21(28)18-4-2-3-5-19(18)32-23/h2-13H,1H3. The summed E-state index contributed by atoms with van der Waals surface area (Å²) in [6.45, 7) is 1.94. The number of hydrogen-bond acceptors (Lipinski definition) is 6. The number of fused-ring (bicyclic) bond motifs is 2. The van der Waals surface area contributed by atoms with Crippen LogP contribution >= 0.6 is 11.3 Å². The molecule has 8 heteroatoms. The fourth-order valence-electron chi connectivity index (χ4n) is 3.61. The number of hydrogen-bond donors (Lipinski definition) is 0. The summed E-state index contributed by atoms with van der Waals surface area (Å²) in [5.74, 6) is 0.312. The average Bonchev–Trinajstić information content (AvgIpc) is 2.80. The molecule has 0 aliphatic rings. The van der Waals surface area contributed by atoms with E-state index in [4.69, 9.17) is 4.98 Å². The zero-order valence-corrected chi connectivity index (χ0v) is 17.6. The van der Waals surface area contributed by atoms with Gasteiger partial charge in [0, 0.05) is 27.8 Å². The molecule has 0 bridgehead atoms. The minimum atomic E-state index is -0.484. The van der Waals surface area contributed by atoms with Crippen LogP contribution in [0.3, 0.4) is 0 Å². The van der Waals surface area contributed by atoms with Crippen molar-refractivity contribution < 1.29 is 4.92 Å². The van der Waals surface area contributed by atoms with Crippen LogP contribution in [-0.2, 0) is 0 Å². The van der Waals surface area contributed by atoms with Gasteiger partial charge in [-0.3, -0.25) is 24.3 Å². The molecule has 0 radical (unpaired) electrons. The first-order valence-electron chi connectivity index (χ1n) is 9.74. The molecule has 7 nitrogen and oxygen atoms in total. The van der Waals surface area contributed by atoms with Crippen LogP contribution in [0.15, 0.2) is 82.4 Å². The Balaban J connectivity index is 1.90. The summed E-state index contributed by atoms with van der Waals surface area (Å²) in [5, 5.41) is 11.6. The Morgan fingerprint density at radius 3 is 2.31 bits per heavy atom. The second-order valence-electron chi connectivity index (χ2n) is 7.32. The predicted molar refractivity (Wildman–Crippen MR) is 126 cm³/mol. The lowest BCUT2D eigenvalue weighted by atomic mass is 10.1. The molecular formula is C24H15N3O4S. The number of rotatable bonds is 3. The SMILES string of the molecule is Cc1ccc(-n2c(-c3ccc([N+](=O)[O-])cc3)nc3sc4ccccc4c(=O)c3c2=O)cc1. The van der Waals surface area contributed by atoms with E-state index in [1.54, 1.807) is 36.4 Å². The Kier molecular flexibility index (Phi) is 4.64. The first kappa shape index (κ1) is 19.8. The number of aryl methyl sites for hydroxylation is 1. The maximum Gasteiger partial charge on any atom is 0.271 e. The molecule has 5 aromatic rings. The summed E-state index contributed by atoms with van der Waals surface area (Å²) in [6.07, 6.45) is 0. The molecule has 0 saturated carbocycles. The lowest BCUT2D eigenvalue weighted by molar-refractivity contribution is -0.384. The zero-order chi connectivity index (χ0) is 22.4. The molecule has 0 saturated heterocycles. The van der Waals surface area contributed by atoms with E-state index in [2.05, 4.69) is 0 Å². The van der Waals surface area contributed by atoms with E-state index in [1.807, 2.05) is 31.2 Å². The Labute approximate surface area is 185 Å². The normalized spacial score (nSPS) is 11.2. The molecule has 0 aliphatic heterocycles. The number of nitrogens with zero attached hydrogens (tertiary/aromatic N) is 3. The summed E-state index contributed by atoms with van der Waals surface area (Å²) < 4.78 is 2.13. The summed E-state index contributed by atoms with van der Waals surface area (Å²) in [5.41, 5.74) is 1.21. The number of nitro benzene ring substituents is 1. The Hall–Kier alpha value is -4.17. The first-order valence-corrected chi connectivity index (χ1v) is 10.6. The van der Waals surface area contributed by atoms with Crippen LogP contribution in [0.25, 0.3) is 37.4 Å². The van der Waals surface area contributed by atoms with Gasteiger partial charge in [-0.1, -0.05) is 29.8 Å². The summed E-state index contributed by atoms with van der Waals surface area (Å²) in [6, 6.07) is 20.3. The van der Waals surface area contributed by atoms with Crippen molar-refractivity contribution in [1.82, 2.24) is 9.55 Å². The maximum absolute atomic E-state index is 13.7. The van der Waals surface area contributed by atoms with Crippen molar-refractivity contribution in [3.8, 4) is 17.1 Å². The van der Waals surface area contributed by atoms with Crippen LogP contribution < -0.4 is 11.0 Å². The molecule has 2 heterocycles. The van der Waals surface area contributed by atoms with Crippen LogP contribution in [0, 0.1) is 17.0 Å². The van der Waals surface area contributed by atoms with Crippen molar-refractivity contribution >= 4 is 37.3 Å². The van der Waals surface area contributed by atoms with Crippen LogP contribution in [0.5, 0.6) is 0 Å². The van der Waals surface area contributed by atoms with E-state index >= 15 is 0 Å². The molecule has 5 rings (SSSR count). The molecule has 156 valence electrons. The van der Waals surface area contributed by atoms with Crippen LogP contribution in [0.2, 0.25) is 0 Å². The van der Waals surface area contributed by atoms with Crippen molar-refractivity contribution in [3.63, 3.8) is 0 Å². The van der Waals surface area contributed by atoms with Gasteiger partial charge in [-0.2, -0.15) is 0 Å². The summed E-state index contributed by atoms with van der Waals surface area (Å²) in [7, 11) is 0. The molecule has 0 unspecified atom stereocenters. The predicted octanol–water partition coefficient (Wildman–Crippen LogP) is 4.84. The van der Waals surface area contributed by atoms with Crippen molar-refractivity contribution in [2.45, 2.75) is 6.92 Å². The largest absolute Gasteiger partial charge is 0.288 e. The van der Waals surface area contributed by atoms with Gasteiger partial charge in [0.1, 0.15) is 16.0 Å². The number of non-ortho nitro benzene ring substituents is 1. The van der Waals surface area contributed by atoms with Gasteiger partial charge >= 0.3 is 0 Å². The monoisotopic (exact) mass is 441 g/mol. The van der Waals surface area contributed by atoms with Crippen LogP contribution in [-0.4, -0.2) is 14.5 Å². The highest BCUT2D eigenvalue weighted by atomic mass is 32.1. The second-order valence-corrected chi connectivity index (χ2v) is 8.35. The van der Waals surface area contributed by atoms with Gasteiger partial charge in [0.05, 0.1) is 10.6 Å². The molecule has 0 atom stereocenters. The Morgan fingerprint density at radius 1 is 0.938 bits per heavy atom.